The number of nitrogens with zero attached hydrogens (tertiary/aromatic N) is 2. The van der Waals surface area contributed by atoms with Gasteiger partial charge in [-0.1, -0.05) is 30.3 Å². The van der Waals surface area contributed by atoms with Crippen LogP contribution in [0.5, 0.6) is 5.19 Å². The van der Waals surface area contributed by atoms with Crippen LogP contribution in [0.2, 0.25) is 0 Å². The first-order valence-corrected chi connectivity index (χ1v) is 6.68. The van der Waals surface area contributed by atoms with E-state index < -0.39 is 0 Å². The van der Waals surface area contributed by atoms with E-state index in [1.165, 1.54) is 17.8 Å². The van der Waals surface area contributed by atoms with Gasteiger partial charge in [0.1, 0.15) is 11.1 Å². The van der Waals surface area contributed by atoms with Crippen molar-refractivity contribution in [2.45, 2.75) is 45.8 Å². The quantitative estimate of drug-likeness (QED) is 0.881. The Balaban J connectivity index is 1.93. The monoisotopic (exact) mass is 241 g/mol. The zero-order chi connectivity index (χ0) is 11.5. The van der Waals surface area contributed by atoms with Crippen LogP contribution in [0.4, 0.5) is 0 Å². The van der Waals surface area contributed by atoms with Crippen LogP contribution in [0.1, 0.15) is 38.1 Å². The fraction of sp³-hybridized carbons (Fsp3) is 0.818. The lowest BCUT2D eigenvalue weighted by atomic mass is 9.82. The van der Waals surface area contributed by atoms with Gasteiger partial charge in [0, 0.05) is 6.54 Å². The van der Waals surface area contributed by atoms with Crippen molar-refractivity contribution in [2.24, 2.45) is 17.6 Å². The van der Waals surface area contributed by atoms with Crippen molar-refractivity contribution in [3.8, 4) is 5.19 Å². The van der Waals surface area contributed by atoms with E-state index >= 15 is 0 Å². The van der Waals surface area contributed by atoms with Crippen LogP contribution in [0.15, 0.2) is 0 Å². The lowest BCUT2D eigenvalue weighted by molar-refractivity contribution is 0.1000. The molecule has 5 heteroatoms. The molecule has 90 valence electrons. The molecule has 0 saturated heterocycles. The van der Waals surface area contributed by atoms with Crippen molar-refractivity contribution in [1.29, 1.82) is 0 Å². The van der Waals surface area contributed by atoms with E-state index in [4.69, 9.17) is 10.5 Å². The van der Waals surface area contributed by atoms with Gasteiger partial charge in [0.25, 0.3) is 5.19 Å². The highest BCUT2D eigenvalue weighted by molar-refractivity contribution is 7.13. The van der Waals surface area contributed by atoms with E-state index in [0.717, 1.165) is 29.7 Å². The summed E-state index contributed by atoms with van der Waals surface area (Å²) >= 11 is 1.46. The van der Waals surface area contributed by atoms with E-state index in [9.17, 15) is 0 Å². The molecule has 1 saturated carbocycles. The number of aromatic nitrogens is 2. The Kier molecular flexibility index (Phi) is 3.76. The second kappa shape index (κ2) is 5.10. The molecule has 2 unspecified atom stereocenters. The Hall–Kier alpha value is -0.680. The van der Waals surface area contributed by atoms with Crippen LogP contribution in [0, 0.1) is 11.8 Å². The minimum Gasteiger partial charge on any atom is -0.466 e. The summed E-state index contributed by atoms with van der Waals surface area (Å²) in [5.74, 6) is 1.49. The largest absolute Gasteiger partial charge is 0.466 e. The van der Waals surface area contributed by atoms with Crippen molar-refractivity contribution in [3.63, 3.8) is 0 Å². The molecule has 2 atom stereocenters. The molecule has 2 rings (SSSR count). The van der Waals surface area contributed by atoms with E-state index in [0.29, 0.717) is 17.8 Å². The zero-order valence-corrected chi connectivity index (χ0v) is 10.7. The third-order valence-electron chi connectivity index (χ3n) is 3.03. The normalized spacial score (nSPS) is 30.3. The fourth-order valence-electron chi connectivity index (χ4n) is 2.48. The summed E-state index contributed by atoms with van der Waals surface area (Å²) in [7, 11) is 0. The number of nitrogens with two attached hydrogens (primary N) is 1. The smallest absolute Gasteiger partial charge is 0.294 e. The predicted molar refractivity (Wildman–Crippen MR) is 64.4 cm³/mol. The van der Waals surface area contributed by atoms with Gasteiger partial charge in [0.05, 0.1) is 0 Å². The van der Waals surface area contributed by atoms with Gasteiger partial charge in [0.15, 0.2) is 0 Å². The molecule has 0 amide bonds. The van der Waals surface area contributed by atoms with E-state index in [1.807, 2.05) is 0 Å². The maximum atomic E-state index is 5.87. The number of hydrogen-bond donors (Lipinski definition) is 1. The molecule has 1 aromatic rings. The molecule has 2 N–H and O–H groups in total. The summed E-state index contributed by atoms with van der Waals surface area (Å²) in [5, 5.41) is 9.47. The average Bonchev–Trinajstić information content (AvgIpc) is 2.64. The Bertz CT molecular complexity index is 332. The first kappa shape index (κ1) is 11.8. The molecule has 1 aromatic heterocycles. The molecule has 1 aliphatic carbocycles. The predicted octanol–water partition coefficient (Wildman–Crippen LogP) is 2.20. The third-order valence-corrected chi connectivity index (χ3v) is 3.86. The molecule has 0 spiro atoms. The minimum absolute atomic E-state index is 0.303. The summed E-state index contributed by atoms with van der Waals surface area (Å²) in [4.78, 5) is 0. The second-order valence-electron chi connectivity index (χ2n) is 4.82. The lowest BCUT2D eigenvalue weighted by Crippen LogP contribution is -2.28. The first-order chi connectivity index (χ1) is 7.67. The molecular weight excluding hydrogens is 222 g/mol. The van der Waals surface area contributed by atoms with E-state index in [1.54, 1.807) is 0 Å². The second-order valence-corrected chi connectivity index (χ2v) is 5.85. The standard InChI is InChI=1S/C11H19N3OS/c1-7-3-8(2)5-9(4-7)15-11-14-13-10(6-12)16-11/h7-9H,3-6,12H2,1-2H3. The number of hydrogen-bond acceptors (Lipinski definition) is 5. The molecule has 0 aliphatic heterocycles. The van der Waals surface area contributed by atoms with Crippen molar-refractivity contribution in [1.82, 2.24) is 10.2 Å². The lowest BCUT2D eigenvalue weighted by Gasteiger charge is -2.30. The molecule has 1 heterocycles. The summed E-state index contributed by atoms with van der Waals surface area (Å²) in [6, 6.07) is 0. The van der Waals surface area contributed by atoms with E-state index in [2.05, 4.69) is 24.0 Å². The van der Waals surface area contributed by atoms with Crippen LogP contribution in [0.3, 0.4) is 0 Å². The molecule has 1 aliphatic rings. The number of rotatable bonds is 3. The van der Waals surface area contributed by atoms with Crippen LogP contribution in [0.25, 0.3) is 0 Å². The Morgan fingerprint density at radius 1 is 1.25 bits per heavy atom. The van der Waals surface area contributed by atoms with Crippen molar-refractivity contribution in [3.05, 3.63) is 5.01 Å². The summed E-state index contributed by atoms with van der Waals surface area (Å²) in [5.41, 5.74) is 5.49. The van der Waals surface area contributed by atoms with Gasteiger partial charge >= 0.3 is 0 Å². The van der Waals surface area contributed by atoms with Crippen LogP contribution >= 0.6 is 11.3 Å². The molecule has 1 fully saturated rings. The van der Waals surface area contributed by atoms with Crippen molar-refractivity contribution in [2.75, 3.05) is 0 Å². The van der Waals surface area contributed by atoms with Gasteiger partial charge < -0.3 is 10.5 Å². The molecule has 0 radical (unpaired) electrons. The first-order valence-electron chi connectivity index (χ1n) is 5.86. The van der Waals surface area contributed by atoms with Crippen LogP contribution < -0.4 is 10.5 Å². The van der Waals surface area contributed by atoms with Crippen LogP contribution in [-0.2, 0) is 6.54 Å². The maximum Gasteiger partial charge on any atom is 0.294 e. The Labute approximate surface area is 100 Å². The zero-order valence-electron chi connectivity index (χ0n) is 9.85. The highest BCUT2D eigenvalue weighted by Gasteiger charge is 2.26. The molecule has 16 heavy (non-hydrogen) atoms. The van der Waals surface area contributed by atoms with Gasteiger partial charge in [-0.15, -0.1) is 5.10 Å². The molecule has 4 nitrogen and oxygen atoms in total. The van der Waals surface area contributed by atoms with Gasteiger partial charge in [-0.25, -0.2) is 0 Å². The molecule has 0 bridgehead atoms. The fourth-order valence-corrected chi connectivity index (χ4v) is 3.11. The summed E-state index contributed by atoms with van der Waals surface area (Å²) in [6.07, 6.45) is 3.87. The van der Waals surface area contributed by atoms with Crippen LogP contribution in [-0.4, -0.2) is 16.3 Å². The highest BCUT2D eigenvalue weighted by Crippen LogP contribution is 2.31. The Morgan fingerprint density at radius 2 is 1.94 bits per heavy atom. The van der Waals surface area contributed by atoms with Gasteiger partial charge in [-0.05, 0) is 31.1 Å². The average molecular weight is 241 g/mol. The van der Waals surface area contributed by atoms with Crippen molar-refractivity contribution < 1.29 is 4.74 Å². The number of ether oxygens (including phenoxy) is 1. The van der Waals surface area contributed by atoms with Gasteiger partial charge in [-0.2, -0.15) is 0 Å². The Morgan fingerprint density at radius 3 is 2.50 bits per heavy atom. The maximum absolute atomic E-state index is 5.87. The SMILES string of the molecule is CC1CC(C)CC(Oc2nnc(CN)s2)C1. The topological polar surface area (TPSA) is 61.0 Å². The summed E-state index contributed by atoms with van der Waals surface area (Å²) < 4.78 is 5.87. The molecular formula is C11H19N3OS. The minimum atomic E-state index is 0.303. The van der Waals surface area contributed by atoms with Gasteiger partial charge in [0.2, 0.25) is 0 Å². The molecule has 0 aromatic carbocycles. The summed E-state index contributed by atoms with van der Waals surface area (Å²) in [6.45, 7) is 5.02. The highest BCUT2D eigenvalue weighted by atomic mass is 32.1. The van der Waals surface area contributed by atoms with E-state index in [-0.39, 0.29) is 0 Å². The third kappa shape index (κ3) is 2.92. The van der Waals surface area contributed by atoms with Gasteiger partial charge in [-0.3, -0.25) is 0 Å². The van der Waals surface area contributed by atoms with Crippen molar-refractivity contribution >= 4 is 11.3 Å².